The zero-order chi connectivity index (χ0) is 10.1. The summed E-state index contributed by atoms with van der Waals surface area (Å²) in [6.07, 6.45) is 0.811. The van der Waals surface area contributed by atoms with Gasteiger partial charge in [-0.05, 0) is 27.2 Å². The van der Waals surface area contributed by atoms with Crippen LogP contribution < -0.4 is 5.84 Å². The summed E-state index contributed by atoms with van der Waals surface area (Å²) in [5, 5.41) is 1.66. The number of ether oxygens (including phenoxy) is 1. The number of rotatable bonds is 1. The van der Waals surface area contributed by atoms with Crippen molar-refractivity contribution >= 4 is 5.97 Å². The largest absolute Gasteiger partial charge is 0.460 e. The van der Waals surface area contributed by atoms with Crippen LogP contribution in [-0.4, -0.2) is 29.7 Å². The first-order valence-electron chi connectivity index (χ1n) is 4.61. The lowest BCUT2D eigenvalue weighted by Gasteiger charge is -2.21. The van der Waals surface area contributed by atoms with Gasteiger partial charge in [-0.1, -0.05) is 0 Å². The maximum absolute atomic E-state index is 11.5. The SMILES string of the molecule is CC(C)(C)OC(=O)[C@@H]1CCN(N)C1. The van der Waals surface area contributed by atoms with Crippen molar-refractivity contribution in [1.29, 1.82) is 0 Å². The first-order valence-corrected chi connectivity index (χ1v) is 4.61. The molecule has 0 aromatic rings. The van der Waals surface area contributed by atoms with Gasteiger partial charge in [0.1, 0.15) is 5.60 Å². The molecule has 0 radical (unpaired) electrons. The molecule has 1 fully saturated rings. The smallest absolute Gasteiger partial charge is 0.310 e. The van der Waals surface area contributed by atoms with Gasteiger partial charge in [-0.25, -0.2) is 5.01 Å². The molecule has 1 saturated heterocycles. The Morgan fingerprint density at radius 3 is 2.54 bits per heavy atom. The minimum Gasteiger partial charge on any atom is -0.460 e. The summed E-state index contributed by atoms with van der Waals surface area (Å²) in [5.74, 6) is 5.39. The lowest BCUT2D eigenvalue weighted by Crippen LogP contribution is -2.32. The molecule has 1 aliphatic rings. The van der Waals surface area contributed by atoms with E-state index in [2.05, 4.69) is 0 Å². The third-order valence-electron chi connectivity index (χ3n) is 1.96. The molecule has 0 spiro atoms. The molecule has 1 heterocycles. The van der Waals surface area contributed by atoms with Crippen LogP contribution in [0.3, 0.4) is 0 Å². The van der Waals surface area contributed by atoms with Crippen LogP contribution in [0.25, 0.3) is 0 Å². The predicted molar refractivity (Wildman–Crippen MR) is 49.7 cm³/mol. The van der Waals surface area contributed by atoms with Gasteiger partial charge in [0, 0.05) is 13.1 Å². The summed E-state index contributed by atoms with van der Waals surface area (Å²) in [6, 6.07) is 0. The molecule has 1 aliphatic heterocycles. The molecule has 0 aliphatic carbocycles. The van der Waals surface area contributed by atoms with E-state index < -0.39 is 0 Å². The topological polar surface area (TPSA) is 55.6 Å². The third-order valence-corrected chi connectivity index (χ3v) is 1.96. The van der Waals surface area contributed by atoms with Crippen molar-refractivity contribution in [2.75, 3.05) is 13.1 Å². The Morgan fingerprint density at radius 2 is 2.15 bits per heavy atom. The fourth-order valence-corrected chi connectivity index (χ4v) is 1.36. The second-order valence-corrected chi connectivity index (χ2v) is 4.51. The predicted octanol–water partition coefficient (Wildman–Crippen LogP) is 0.524. The molecule has 1 rings (SSSR count). The van der Waals surface area contributed by atoms with Crippen LogP contribution in [0, 0.1) is 5.92 Å². The molecule has 2 N–H and O–H groups in total. The molecule has 0 aromatic heterocycles. The molecule has 0 amide bonds. The van der Waals surface area contributed by atoms with Crippen molar-refractivity contribution in [1.82, 2.24) is 5.01 Å². The van der Waals surface area contributed by atoms with Crippen LogP contribution in [0.4, 0.5) is 0 Å². The number of carbonyl (C=O) groups is 1. The molecule has 0 aromatic carbocycles. The summed E-state index contributed by atoms with van der Waals surface area (Å²) in [6.45, 7) is 7.03. The zero-order valence-corrected chi connectivity index (χ0v) is 8.54. The summed E-state index contributed by atoms with van der Waals surface area (Å²) in [7, 11) is 0. The Labute approximate surface area is 79.0 Å². The van der Waals surface area contributed by atoms with E-state index in [9.17, 15) is 4.79 Å². The van der Waals surface area contributed by atoms with E-state index in [4.69, 9.17) is 10.6 Å². The summed E-state index contributed by atoms with van der Waals surface area (Å²) in [4.78, 5) is 11.5. The normalized spacial score (nSPS) is 24.8. The first kappa shape index (κ1) is 10.5. The highest BCUT2D eigenvalue weighted by atomic mass is 16.6. The van der Waals surface area contributed by atoms with E-state index in [-0.39, 0.29) is 17.5 Å². The quantitative estimate of drug-likeness (QED) is 0.479. The molecular formula is C9H18N2O2. The van der Waals surface area contributed by atoms with Gasteiger partial charge in [0.2, 0.25) is 0 Å². The summed E-state index contributed by atoms with van der Waals surface area (Å²) in [5.41, 5.74) is -0.390. The van der Waals surface area contributed by atoms with Crippen molar-refractivity contribution in [3.05, 3.63) is 0 Å². The van der Waals surface area contributed by atoms with E-state index in [0.717, 1.165) is 13.0 Å². The molecule has 13 heavy (non-hydrogen) atoms. The zero-order valence-electron chi connectivity index (χ0n) is 8.54. The van der Waals surface area contributed by atoms with Gasteiger partial charge in [-0.15, -0.1) is 0 Å². The van der Waals surface area contributed by atoms with Gasteiger partial charge in [0.25, 0.3) is 0 Å². The molecule has 0 unspecified atom stereocenters. The van der Waals surface area contributed by atoms with Gasteiger partial charge in [0.15, 0.2) is 0 Å². The monoisotopic (exact) mass is 186 g/mol. The van der Waals surface area contributed by atoms with Gasteiger partial charge >= 0.3 is 5.97 Å². The Morgan fingerprint density at radius 1 is 1.54 bits per heavy atom. The van der Waals surface area contributed by atoms with E-state index in [1.807, 2.05) is 20.8 Å². The lowest BCUT2D eigenvalue weighted by atomic mass is 10.1. The molecule has 0 bridgehead atoms. The molecule has 0 saturated carbocycles. The number of hydrazine groups is 1. The number of nitrogens with zero attached hydrogens (tertiary/aromatic N) is 1. The molecule has 1 atom stereocenters. The molecule has 4 heteroatoms. The minimum atomic E-state index is -0.390. The van der Waals surface area contributed by atoms with Gasteiger partial charge in [-0.3, -0.25) is 10.6 Å². The van der Waals surface area contributed by atoms with E-state index in [1.54, 1.807) is 5.01 Å². The van der Waals surface area contributed by atoms with Crippen LogP contribution in [0.2, 0.25) is 0 Å². The molecule has 4 nitrogen and oxygen atoms in total. The van der Waals surface area contributed by atoms with Crippen molar-refractivity contribution in [3.8, 4) is 0 Å². The third kappa shape index (κ3) is 3.32. The van der Waals surface area contributed by atoms with Gasteiger partial charge in [0.05, 0.1) is 5.92 Å². The minimum absolute atomic E-state index is 0.0378. The Bertz CT molecular complexity index is 198. The van der Waals surface area contributed by atoms with Crippen molar-refractivity contribution < 1.29 is 9.53 Å². The average molecular weight is 186 g/mol. The Hall–Kier alpha value is -0.610. The van der Waals surface area contributed by atoms with Crippen LogP contribution in [0.1, 0.15) is 27.2 Å². The molecular weight excluding hydrogens is 168 g/mol. The Balaban J connectivity index is 2.41. The highest BCUT2D eigenvalue weighted by Crippen LogP contribution is 2.18. The number of esters is 1. The average Bonchev–Trinajstić information content (AvgIpc) is 2.31. The number of carbonyl (C=O) groups excluding carboxylic acids is 1. The van der Waals surface area contributed by atoms with Crippen molar-refractivity contribution in [2.45, 2.75) is 32.8 Å². The maximum Gasteiger partial charge on any atom is 0.310 e. The lowest BCUT2D eigenvalue weighted by molar-refractivity contribution is -0.159. The summed E-state index contributed by atoms with van der Waals surface area (Å²) < 4.78 is 5.25. The van der Waals surface area contributed by atoms with Crippen LogP contribution in [-0.2, 0) is 9.53 Å². The number of hydrogen-bond acceptors (Lipinski definition) is 4. The molecule has 76 valence electrons. The van der Waals surface area contributed by atoms with E-state index in [0.29, 0.717) is 6.54 Å². The van der Waals surface area contributed by atoms with Crippen molar-refractivity contribution in [2.24, 2.45) is 11.8 Å². The van der Waals surface area contributed by atoms with Gasteiger partial charge in [-0.2, -0.15) is 0 Å². The first-order chi connectivity index (χ1) is 5.88. The van der Waals surface area contributed by atoms with Crippen LogP contribution in [0.5, 0.6) is 0 Å². The highest BCUT2D eigenvalue weighted by molar-refractivity contribution is 5.73. The second-order valence-electron chi connectivity index (χ2n) is 4.51. The Kier molecular flexibility index (Phi) is 2.93. The fraction of sp³-hybridized carbons (Fsp3) is 0.889. The van der Waals surface area contributed by atoms with E-state index >= 15 is 0 Å². The van der Waals surface area contributed by atoms with Gasteiger partial charge < -0.3 is 4.74 Å². The van der Waals surface area contributed by atoms with Crippen molar-refractivity contribution in [3.63, 3.8) is 0 Å². The summed E-state index contributed by atoms with van der Waals surface area (Å²) >= 11 is 0. The second kappa shape index (κ2) is 3.64. The van der Waals surface area contributed by atoms with Crippen LogP contribution >= 0.6 is 0 Å². The number of hydrogen-bond donors (Lipinski definition) is 1. The highest BCUT2D eigenvalue weighted by Gasteiger charge is 2.30. The van der Waals surface area contributed by atoms with Crippen LogP contribution in [0.15, 0.2) is 0 Å². The number of nitrogens with two attached hydrogens (primary N) is 1. The van der Waals surface area contributed by atoms with E-state index in [1.165, 1.54) is 0 Å². The fourth-order valence-electron chi connectivity index (χ4n) is 1.36. The maximum atomic E-state index is 11.5. The standard InChI is InChI=1S/C9H18N2O2/c1-9(2,3)13-8(12)7-4-5-11(10)6-7/h7H,4-6,10H2,1-3H3/t7-/m1/s1.